The van der Waals surface area contributed by atoms with Crippen molar-refractivity contribution in [3.05, 3.63) is 12.5 Å². The summed E-state index contributed by atoms with van der Waals surface area (Å²) >= 11 is 0. The van der Waals surface area contributed by atoms with Gasteiger partial charge in [0, 0.05) is 0 Å². The molecule has 0 amide bonds. The third-order valence-electron chi connectivity index (χ3n) is 2.32. The molecule has 2 aromatic heterocycles. The molecule has 2 aromatic rings. The number of nitrogens with zero attached hydrogens (tertiary/aromatic N) is 4. The molecule has 98 valence electrons. The number of aromatic nitrogens is 4. The number of hydrogen-bond acceptors (Lipinski definition) is 7. The van der Waals surface area contributed by atoms with Crippen molar-refractivity contribution in [3.8, 4) is 5.88 Å². The molecule has 8 heteroatoms. The second kappa shape index (κ2) is 5.71. The van der Waals surface area contributed by atoms with Gasteiger partial charge in [-0.15, -0.1) is 0 Å². The van der Waals surface area contributed by atoms with E-state index in [1.807, 2.05) is 0 Å². The second-order valence-electron chi connectivity index (χ2n) is 3.60. The quantitative estimate of drug-likeness (QED) is 0.693. The lowest BCUT2D eigenvalue weighted by Gasteiger charge is -2.08. The fraction of sp³-hybridized carbons (Fsp3) is 0.500. The fourth-order valence-electron chi connectivity index (χ4n) is 1.46. The molecule has 2 N–H and O–H groups in total. The van der Waals surface area contributed by atoms with Gasteiger partial charge in [-0.05, 0) is 0 Å². The minimum atomic E-state index is -0.893. The maximum atomic E-state index is 9.13. The maximum Gasteiger partial charge on any atom is 0.227 e. The van der Waals surface area contributed by atoms with Crippen LogP contribution >= 0.6 is 0 Å². The molecule has 0 fully saturated rings. The van der Waals surface area contributed by atoms with Gasteiger partial charge in [0.05, 0.1) is 26.5 Å². The highest BCUT2D eigenvalue weighted by Gasteiger charge is 2.10. The van der Waals surface area contributed by atoms with E-state index < -0.39 is 6.10 Å². The summed E-state index contributed by atoms with van der Waals surface area (Å²) in [6.07, 6.45) is 2.07. The first-order valence-electron chi connectivity index (χ1n) is 5.33. The van der Waals surface area contributed by atoms with Gasteiger partial charge in [-0.3, -0.25) is 0 Å². The third-order valence-corrected chi connectivity index (χ3v) is 2.32. The summed E-state index contributed by atoms with van der Waals surface area (Å²) in [5.41, 5.74) is 0.584. The number of methoxy groups -OCH3 is 1. The highest BCUT2D eigenvalue weighted by Crippen LogP contribution is 2.19. The van der Waals surface area contributed by atoms with Crippen LogP contribution in [0.15, 0.2) is 12.5 Å². The molecule has 0 saturated carbocycles. The molecule has 0 aliphatic heterocycles. The first-order valence-corrected chi connectivity index (χ1v) is 5.33. The summed E-state index contributed by atoms with van der Waals surface area (Å²) in [6.45, 7) is -0.184. The summed E-state index contributed by atoms with van der Waals surface area (Å²) in [5.74, 6) is 0.446. The molecule has 18 heavy (non-hydrogen) atoms. The van der Waals surface area contributed by atoms with Gasteiger partial charge in [0.2, 0.25) is 5.88 Å². The van der Waals surface area contributed by atoms with Gasteiger partial charge in [-0.2, -0.15) is 5.10 Å². The van der Waals surface area contributed by atoms with Gasteiger partial charge in [0.1, 0.15) is 24.5 Å². The van der Waals surface area contributed by atoms with E-state index in [0.29, 0.717) is 16.9 Å². The fourth-order valence-corrected chi connectivity index (χ4v) is 1.46. The topological polar surface area (TPSA) is 103 Å². The van der Waals surface area contributed by atoms with E-state index in [9.17, 15) is 0 Å². The van der Waals surface area contributed by atoms with E-state index in [4.69, 9.17) is 19.7 Å². The minimum Gasteiger partial charge on any atom is -0.480 e. The molecule has 2 rings (SSSR count). The van der Waals surface area contributed by atoms with Crippen molar-refractivity contribution in [1.29, 1.82) is 0 Å². The summed E-state index contributed by atoms with van der Waals surface area (Å²) in [5, 5.41) is 22.6. The van der Waals surface area contributed by atoms with Crippen LogP contribution in [-0.4, -0.2) is 56.4 Å². The number of ether oxygens (including phenoxy) is 2. The minimum absolute atomic E-state index is 0.0278. The van der Waals surface area contributed by atoms with Gasteiger partial charge in [0.15, 0.2) is 5.65 Å². The Morgan fingerprint density at radius 1 is 1.44 bits per heavy atom. The van der Waals surface area contributed by atoms with Gasteiger partial charge in [-0.1, -0.05) is 0 Å². The Balaban J connectivity index is 2.10. The zero-order chi connectivity index (χ0) is 13.0. The highest BCUT2D eigenvalue weighted by atomic mass is 16.5. The van der Waals surface area contributed by atoms with Crippen LogP contribution in [0.4, 0.5) is 0 Å². The predicted octanol–water partition coefficient (Wildman–Crippen LogP) is -0.838. The Morgan fingerprint density at radius 2 is 2.28 bits per heavy atom. The van der Waals surface area contributed by atoms with Crippen molar-refractivity contribution < 1.29 is 19.7 Å². The average molecular weight is 254 g/mol. The van der Waals surface area contributed by atoms with Crippen molar-refractivity contribution >= 4 is 11.0 Å². The molecular weight excluding hydrogens is 240 g/mol. The number of fused-ring (bicyclic) bond motifs is 1. The van der Waals surface area contributed by atoms with E-state index >= 15 is 0 Å². The number of aliphatic hydroxyl groups excluding tert-OH is 2. The van der Waals surface area contributed by atoms with Crippen molar-refractivity contribution in [3.63, 3.8) is 0 Å². The predicted molar refractivity (Wildman–Crippen MR) is 60.9 cm³/mol. The SMILES string of the molecule is COc1ncnc2c1cnn2COCC(O)CO. The van der Waals surface area contributed by atoms with Crippen LogP contribution in [0.3, 0.4) is 0 Å². The van der Waals surface area contributed by atoms with Crippen LogP contribution in [0.5, 0.6) is 5.88 Å². The Labute approximate surface area is 103 Å². The summed E-state index contributed by atoms with van der Waals surface area (Å²) in [6, 6.07) is 0. The highest BCUT2D eigenvalue weighted by molar-refractivity contribution is 5.79. The van der Waals surface area contributed by atoms with Crippen LogP contribution < -0.4 is 4.74 Å². The molecule has 0 spiro atoms. The molecule has 1 atom stereocenters. The van der Waals surface area contributed by atoms with Gasteiger partial charge < -0.3 is 19.7 Å². The zero-order valence-electron chi connectivity index (χ0n) is 9.85. The molecule has 0 aliphatic carbocycles. The molecule has 0 bridgehead atoms. The average Bonchev–Trinajstić information content (AvgIpc) is 2.82. The van der Waals surface area contributed by atoms with Crippen molar-refractivity contribution in [2.45, 2.75) is 12.8 Å². The zero-order valence-corrected chi connectivity index (χ0v) is 9.85. The van der Waals surface area contributed by atoms with E-state index in [-0.39, 0.29) is 19.9 Å². The summed E-state index contributed by atoms with van der Waals surface area (Å²) in [7, 11) is 1.52. The van der Waals surface area contributed by atoms with E-state index in [0.717, 1.165) is 0 Å². The maximum absolute atomic E-state index is 9.13. The second-order valence-corrected chi connectivity index (χ2v) is 3.60. The van der Waals surface area contributed by atoms with Crippen LogP contribution in [0.2, 0.25) is 0 Å². The Bertz CT molecular complexity index is 516. The monoisotopic (exact) mass is 254 g/mol. The van der Waals surface area contributed by atoms with Crippen molar-refractivity contribution in [1.82, 2.24) is 19.7 Å². The van der Waals surface area contributed by atoms with Crippen LogP contribution in [0.1, 0.15) is 0 Å². The van der Waals surface area contributed by atoms with Crippen LogP contribution in [-0.2, 0) is 11.5 Å². The lowest BCUT2D eigenvalue weighted by Crippen LogP contribution is -2.20. The van der Waals surface area contributed by atoms with Gasteiger partial charge >= 0.3 is 0 Å². The standard InChI is InChI=1S/C10H14N4O4/c1-17-10-8-2-13-14(9(8)11-5-12-10)6-18-4-7(16)3-15/h2,5,7,15-16H,3-4,6H2,1H3. The molecule has 8 nitrogen and oxygen atoms in total. The Morgan fingerprint density at radius 3 is 3.00 bits per heavy atom. The van der Waals surface area contributed by atoms with Gasteiger partial charge in [-0.25, -0.2) is 14.6 Å². The number of rotatable bonds is 6. The first kappa shape index (κ1) is 12.7. The molecule has 1 unspecified atom stereocenters. The van der Waals surface area contributed by atoms with E-state index in [1.54, 1.807) is 6.20 Å². The number of aliphatic hydroxyl groups is 2. The molecule has 0 aliphatic rings. The first-order chi connectivity index (χ1) is 8.76. The van der Waals surface area contributed by atoms with Crippen molar-refractivity contribution in [2.24, 2.45) is 0 Å². The molecule has 2 heterocycles. The summed E-state index contributed by atoms with van der Waals surface area (Å²) in [4.78, 5) is 8.05. The summed E-state index contributed by atoms with van der Waals surface area (Å²) < 4.78 is 11.8. The largest absolute Gasteiger partial charge is 0.480 e. The number of hydrogen-bond donors (Lipinski definition) is 2. The van der Waals surface area contributed by atoms with Crippen molar-refractivity contribution in [2.75, 3.05) is 20.3 Å². The lowest BCUT2D eigenvalue weighted by atomic mass is 10.4. The molecular formula is C10H14N4O4. The van der Waals surface area contributed by atoms with Crippen LogP contribution in [0, 0.1) is 0 Å². The smallest absolute Gasteiger partial charge is 0.227 e. The Hall–Kier alpha value is -1.77. The van der Waals surface area contributed by atoms with Crippen LogP contribution in [0.25, 0.3) is 11.0 Å². The molecule has 0 saturated heterocycles. The molecule has 0 aromatic carbocycles. The Kier molecular flexibility index (Phi) is 4.03. The normalized spacial score (nSPS) is 12.8. The van der Waals surface area contributed by atoms with Gasteiger partial charge in [0.25, 0.3) is 0 Å². The van der Waals surface area contributed by atoms with E-state index in [1.165, 1.54) is 18.1 Å². The third kappa shape index (κ3) is 2.55. The molecule has 0 radical (unpaired) electrons. The van der Waals surface area contributed by atoms with E-state index in [2.05, 4.69) is 15.1 Å². The lowest BCUT2D eigenvalue weighted by molar-refractivity contribution is -0.0194.